The molecule has 0 N–H and O–H groups in total. The van der Waals surface area contributed by atoms with Gasteiger partial charge in [-0.05, 0) is 13.8 Å². The van der Waals surface area contributed by atoms with E-state index in [0.717, 1.165) is 0 Å². The molecule has 0 heterocycles. The largest absolute Gasteiger partial charge is 1.00 e. The van der Waals surface area contributed by atoms with E-state index in [-0.39, 0.29) is 52.8 Å². The predicted molar refractivity (Wildman–Crippen MR) is 37.0 cm³/mol. The Morgan fingerprint density at radius 1 is 0.889 bits per heavy atom. The summed E-state index contributed by atoms with van der Waals surface area (Å²) in [6.45, 7) is 4.19. The van der Waals surface area contributed by atoms with Gasteiger partial charge in [-0.15, -0.1) is 0 Å². The Morgan fingerprint density at radius 2 is 1.11 bits per heavy atom. The zero-order chi connectivity index (χ0) is 5.98. The van der Waals surface area contributed by atoms with E-state index in [4.69, 9.17) is 0 Å². The van der Waals surface area contributed by atoms with Crippen LogP contribution in [0.4, 0.5) is 0 Å². The predicted octanol–water partition coefficient (Wildman–Crippen LogP) is -0.580. The van der Waals surface area contributed by atoms with Gasteiger partial charge in [0.25, 0.3) is 0 Å². The molecule has 0 atom stereocenters. The van der Waals surface area contributed by atoms with Crippen molar-refractivity contribution in [3.8, 4) is 0 Å². The molecule has 1 aromatic rings. The van der Waals surface area contributed by atoms with Crippen LogP contribution in [0.2, 0.25) is 0 Å². The standard InChI is InChI=1S/C8H10.K.H/c1-7-3-5-8(2)6-4-7;;/h3-6H,1-2H3;;/q;+1;-1. The molecule has 0 unspecified atom stereocenters. The minimum absolute atomic E-state index is 0. The van der Waals surface area contributed by atoms with Crippen LogP contribution in [0.3, 0.4) is 0 Å². The first kappa shape index (κ1) is 9.86. The molecular weight excluding hydrogens is 135 g/mol. The summed E-state index contributed by atoms with van der Waals surface area (Å²) in [5, 5.41) is 0. The van der Waals surface area contributed by atoms with Crippen molar-refractivity contribution < 1.29 is 52.8 Å². The van der Waals surface area contributed by atoms with Crippen molar-refractivity contribution in [3.05, 3.63) is 35.4 Å². The number of hydrogen-bond acceptors (Lipinski definition) is 0. The van der Waals surface area contributed by atoms with Crippen LogP contribution in [0.25, 0.3) is 0 Å². The van der Waals surface area contributed by atoms with Crippen LogP contribution < -0.4 is 51.4 Å². The van der Waals surface area contributed by atoms with E-state index in [2.05, 4.69) is 38.1 Å². The normalized spacial score (nSPS) is 8.22. The fourth-order valence-corrected chi connectivity index (χ4v) is 0.637. The maximum absolute atomic E-state index is 2.12. The van der Waals surface area contributed by atoms with Crippen LogP contribution in [0.1, 0.15) is 12.6 Å². The molecule has 0 saturated carbocycles. The molecule has 0 aliphatic rings. The summed E-state index contributed by atoms with van der Waals surface area (Å²) in [6, 6.07) is 8.48. The first-order valence-electron chi connectivity index (χ1n) is 2.82. The molecule has 0 amide bonds. The average molecular weight is 146 g/mol. The van der Waals surface area contributed by atoms with Crippen LogP contribution in [0.5, 0.6) is 0 Å². The Kier molecular flexibility index (Phi) is 5.08. The summed E-state index contributed by atoms with van der Waals surface area (Å²) in [6.07, 6.45) is 0. The van der Waals surface area contributed by atoms with Gasteiger partial charge in [-0.1, -0.05) is 35.4 Å². The zero-order valence-electron chi connectivity index (χ0n) is 7.31. The van der Waals surface area contributed by atoms with Gasteiger partial charge in [0.1, 0.15) is 0 Å². The fourth-order valence-electron chi connectivity index (χ4n) is 0.637. The van der Waals surface area contributed by atoms with Crippen LogP contribution >= 0.6 is 0 Å². The van der Waals surface area contributed by atoms with Crippen LogP contribution in [-0.2, 0) is 0 Å². The fraction of sp³-hybridized carbons (Fsp3) is 0.250. The Bertz CT molecular complexity index is 148. The molecule has 1 aromatic carbocycles. The summed E-state index contributed by atoms with van der Waals surface area (Å²) in [4.78, 5) is 0. The molecule has 0 aliphatic carbocycles. The van der Waals surface area contributed by atoms with Crippen molar-refractivity contribution in [3.63, 3.8) is 0 Å². The van der Waals surface area contributed by atoms with Gasteiger partial charge in [-0.2, -0.15) is 0 Å². The zero-order valence-corrected chi connectivity index (χ0v) is 9.43. The summed E-state index contributed by atoms with van der Waals surface area (Å²) < 4.78 is 0. The third-order valence-electron chi connectivity index (χ3n) is 1.22. The molecule has 0 nitrogen and oxygen atoms in total. The van der Waals surface area contributed by atoms with Gasteiger partial charge in [0, 0.05) is 0 Å². The van der Waals surface area contributed by atoms with E-state index in [1.807, 2.05) is 0 Å². The van der Waals surface area contributed by atoms with E-state index in [0.29, 0.717) is 0 Å². The van der Waals surface area contributed by atoms with Gasteiger partial charge in [0.05, 0.1) is 0 Å². The first-order valence-corrected chi connectivity index (χ1v) is 2.82. The minimum Gasteiger partial charge on any atom is -1.00 e. The quantitative estimate of drug-likeness (QED) is 0.430. The molecular formula is C8H11K. The van der Waals surface area contributed by atoms with E-state index in [1.165, 1.54) is 11.1 Å². The van der Waals surface area contributed by atoms with Crippen molar-refractivity contribution in [2.75, 3.05) is 0 Å². The third kappa shape index (κ3) is 3.53. The van der Waals surface area contributed by atoms with Gasteiger partial charge >= 0.3 is 51.4 Å². The molecule has 1 rings (SSSR count). The second-order valence-electron chi connectivity index (χ2n) is 2.15. The van der Waals surface area contributed by atoms with Crippen molar-refractivity contribution in [1.82, 2.24) is 0 Å². The second kappa shape index (κ2) is 4.64. The van der Waals surface area contributed by atoms with Crippen molar-refractivity contribution >= 4 is 0 Å². The molecule has 0 saturated heterocycles. The minimum atomic E-state index is 0. The van der Waals surface area contributed by atoms with Crippen LogP contribution in [-0.4, -0.2) is 0 Å². The number of benzene rings is 1. The Hall–Kier alpha value is 0.856. The first-order chi connectivity index (χ1) is 3.79. The van der Waals surface area contributed by atoms with Crippen molar-refractivity contribution in [1.29, 1.82) is 0 Å². The van der Waals surface area contributed by atoms with E-state index in [1.54, 1.807) is 0 Å². The van der Waals surface area contributed by atoms with E-state index < -0.39 is 0 Å². The van der Waals surface area contributed by atoms with Gasteiger partial charge in [0.2, 0.25) is 0 Å². The Labute approximate surface area is 101 Å². The topological polar surface area (TPSA) is 0 Å². The number of hydrogen-bond donors (Lipinski definition) is 0. The summed E-state index contributed by atoms with van der Waals surface area (Å²) in [7, 11) is 0. The van der Waals surface area contributed by atoms with Crippen LogP contribution in [0.15, 0.2) is 24.3 Å². The van der Waals surface area contributed by atoms with Gasteiger partial charge in [-0.25, -0.2) is 0 Å². The summed E-state index contributed by atoms with van der Waals surface area (Å²) in [5.41, 5.74) is 2.66. The molecule has 9 heavy (non-hydrogen) atoms. The second-order valence-corrected chi connectivity index (χ2v) is 2.15. The maximum Gasteiger partial charge on any atom is 1.00 e. The van der Waals surface area contributed by atoms with E-state index >= 15 is 0 Å². The summed E-state index contributed by atoms with van der Waals surface area (Å²) in [5.74, 6) is 0. The Morgan fingerprint density at radius 3 is 1.33 bits per heavy atom. The maximum atomic E-state index is 2.12. The van der Waals surface area contributed by atoms with E-state index in [9.17, 15) is 0 Å². The number of rotatable bonds is 0. The molecule has 0 radical (unpaired) electrons. The van der Waals surface area contributed by atoms with Crippen molar-refractivity contribution in [2.45, 2.75) is 13.8 Å². The third-order valence-corrected chi connectivity index (χ3v) is 1.22. The summed E-state index contributed by atoms with van der Waals surface area (Å²) >= 11 is 0. The molecule has 0 spiro atoms. The molecule has 0 aliphatic heterocycles. The van der Waals surface area contributed by atoms with Crippen molar-refractivity contribution in [2.24, 2.45) is 0 Å². The van der Waals surface area contributed by atoms with Crippen LogP contribution in [0, 0.1) is 13.8 Å². The molecule has 1 heteroatoms. The molecule has 0 fully saturated rings. The average Bonchev–Trinajstić information content (AvgIpc) is 1.77. The molecule has 44 valence electrons. The molecule has 0 bridgehead atoms. The SMILES string of the molecule is Cc1ccc(C)cc1.[H-].[K+]. The van der Waals surface area contributed by atoms with Gasteiger partial charge in [-0.3, -0.25) is 0 Å². The number of aryl methyl sites for hydroxylation is 2. The smallest absolute Gasteiger partial charge is 1.00 e. The monoisotopic (exact) mass is 146 g/mol. The Balaban J connectivity index is 0. The van der Waals surface area contributed by atoms with Gasteiger partial charge < -0.3 is 1.43 Å². The van der Waals surface area contributed by atoms with Gasteiger partial charge in [0.15, 0.2) is 0 Å². The molecule has 0 aromatic heterocycles.